The first-order valence-corrected chi connectivity index (χ1v) is 10.7. The second-order valence-corrected chi connectivity index (χ2v) is 10.2. The fraction of sp³-hybridized carbons (Fsp3) is 0.250. The maximum atomic E-state index is 6.46. The molecular formula is C24H24BNOS. The van der Waals surface area contributed by atoms with E-state index < -0.39 is 0 Å². The minimum Gasteiger partial charge on any atom is -0.416 e. The predicted molar refractivity (Wildman–Crippen MR) is 123 cm³/mol. The number of fused-ring (bicyclic) bond motifs is 3. The van der Waals surface area contributed by atoms with Crippen molar-refractivity contribution >= 4 is 45.1 Å². The van der Waals surface area contributed by atoms with E-state index in [1.54, 1.807) is 0 Å². The summed E-state index contributed by atoms with van der Waals surface area (Å²) in [6.45, 7) is 8.94. The predicted octanol–water partition coefficient (Wildman–Crippen LogP) is 5.80. The minimum absolute atomic E-state index is 0.0632. The van der Waals surface area contributed by atoms with Gasteiger partial charge >= 0.3 is 6.19 Å². The molecule has 0 bridgehead atoms. The lowest BCUT2D eigenvalue weighted by Crippen LogP contribution is -2.39. The molecule has 1 aliphatic rings. The van der Waals surface area contributed by atoms with Crippen molar-refractivity contribution in [1.82, 2.24) is 4.57 Å². The van der Waals surface area contributed by atoms with Crippen molar-refractivity contribution in [2.75, 3.05) is 0 Å². The number of rotatable bonds is 2. The second kappa shape index (κ2) is 6.17. The summed E-state index contributed by atoms with van der Waals surface area (Å²) < 4.78 is 8.88. The summed E-state index contributed by atoms with van der Waals surface area (Å²) >= 11 is 1.92. The van der Waals surface area contributed by atoms with Gasteiger partial charge < -0.3 is 9.22 Å². The summed E-state index contributed by atoms with van der Waals surface area (Å²) in [7, 11) is 0. The van der Waals surface area contributed by atoms with Gasteiger partial charge in [0.25, 0.3) is 0 Å². The first kappa shape index (κ1) is 17.9. The van der Waals surface area contributed by atoms with Crippen LogP contribution in [0.4, 0.5) is 0 Å². The molecule has 0 radical (unpaired) electrons. The van der Waals surface area contributed by atoms with Crippen LogP contribution in [-0.4, -0.2) is 21.1 Å². The van der Waals surface area contributed by atoms with Crippen molar-refractivity contribution in [3.63, 3.8) is 0 Å². The quantitative estimate of drug-likeness (QED) is 0.405. The van der Waals surface area contributed by atoms with Crippen LogP contribution in [0.25, 0.3) is 27.5 Å². The number of nitrogens with zero attached hydrogens (tertiary/aromatic N) is 1. The molecule has 28 heavy (non-hydrogen) atoms. The lowest BCUT2D eigenvalue weighted by atomic mass is 9.83. The molecule has 0 N–H and O–H groups in total. The van der Waals surface area contributed by atoms with E-state index in [0.29, 0.717) is 0 Å². The molecule has 2 heterocycles. The maximum Gasteiger partial charge on any atom is 0.397 e. The van der Waals surface area contributed by atoms with Crippen LogP contribution in [0.2, 0.25) is 0 Å². The highest BCUT2D eigenvalue weighted by Gasteiger charge is 2.50. The molecule has 1 aliphatic heterocycles. The van der Waals surface area contributed by atoms with E-state index in [1.807, 2.05) is 11.6 Å². The Morgan fingerprint density at radius 3 is 2.18 bits per heavy atom. The van der Waals surface area contributed by atoms with Crippen LogP contribution in [0.15, 0.2) is 72.8 Å². The van der Waals surface area contributed by atoms with Crippen LogP contribution in [0.5, 0.6) is 0 Å². The highest BCUT2D eigenvalue weighted by molar-refractivity contribution is 8.27. The largest absolute Gasteiger partial charge is 0.416 e. The third-order valence-corrected chi connectivity index (χ3v) is 7.90. The summed E-state index contributed by atoms with van der Waals surface area (Å²) in [5, 5.41) is 2.56. The molecule has 0 atom stereocenters. The average Bonchev–Trinajstić information content (AvgIpc) is 3.12. The Bertz CT molecular complexity index is 1160. The van der Waals surface area contributed by atoms with Gasteiger partial charge in [0.2, 0.25) is 0 Å². The fourth-order valence-electron chi connectivity index (χ4n) is 3.97. The molecule has 4 heteroatoms. The summed E-state index contributed by atoms with van der Waals surface area (Å²) in [6, 6.07) is 26.1. The molecule has 2 nitrogen and oxygen atoms in total. The maximum absolute atomic E-state index is 6.46. The van der Waals surface area contributed by atoms with Gasteiger partial charge in [0, 0.05) is 21.2 Å². The molecule has 1 fully saturated rings. The first-order valence-electron chi connectivity index (χ1n) is 9.82. The molecule has 1 saturated heterocycles. The number of aromatic nitrogens is 1. The number of hydrogen-bond donors (Lipinski definition) is 0. The van der Waals surface area contributed by atoms with Crippen molar-refractivity contribution in [3.05, 3.63) is 72.8 Å². The molecule has 0 saturated carbocycles. The second-order valence-electron chi connectivity index (χ2n) is 8.55. The van der Waals surface area contributed by atoms with Crippen molar-refractivity contribution in [3.8, 4) is 5.69 Å². The van der Waals surface area contributed by atoms with E-state index >= 15 is 0 Å². The smallest absolute Gasteiger partial charge is 0.397 e. The van der Waals surface area contributed by atoms with E-state index in [-0.39, 0.29) is 16.5 Å². The van der Waals surface area contributed by atoms with Crippen LogP contribution in [0.1, 0.15) is 27.7 Å². The van der Waals surface area contributed by atoms with Gasteiger partial charge in [-0.1, -0.05) is 48.5 Å². The van der Waals surface area contributed by atoms with E-state index in [2.05, 4.69) is 105 Å². The van der Waals surface area contributed by atoms with Gasteiger partial charge in [0.1, 0.15) is 0 Å². The van der Waals surface area contributed by atoms with Crippen LogP contribution < -0.4 is 5.46 Å². The first-order chi connectivity index (χ1) is 13.4. The normalized spacial score (nSPS) is 18.2. The lowest BCUT2D eigenvalue weighted by molar-refractivity contribution is 0.0938. The third kappa shape index (κ3) is 2.62. The van der Waals surface area contributed by atoms with Gasteiger partial charge in [-0.15, -0.1) is 0 Å². The van der Waals surface area contributed by atoms with Gasteiger partial charge in [-0.2, -0.15) is 11.6 Å². The van der Waals surface area contributed by atoms with Crippen LogP contribution in [0.3, 0.4) is 0 Å². The number of para-hydroxylation sites is 2. The Kier molecular flexibility index (Phi) is 3.94. The molecule has 140 valence electrons. The molecule has 0 spiro atoms. The Balaban J connectivity index is 1.71. The lowest BCUT2D eigenvalue weighted by Gasteiger charge is -2.32. The van der Waals surface area contributed by atoms with Crippen molar-refractivity contribution < 1.29 is 4.65 Å². The fourth-order valence-corrected chi connectivity index (χ4v) is 5.41. The average molecular weight is 385 g/mol. The summed E-state index contributed by atoms with van der Waals surface area (Å²) in [4.78, 5) is 0. The molecular weight excluding hydrogens is 361 g/mol. The van der Waals surface area contributed by atoms with Gasteiger partial charge in [-0.25, -0.2) is 0 Å². The summed E-state index contributed by atoms with van der Waals surface area (Å²) in [6.07, 6.45) is 0.0632. The van der Waals surface area contributed by atoms with E-state index in [1.165, 1.54) is 33.0 Å². The minimum atomic E-state index is -0.157. The Hall–Kier alpha value is -2.17. The van der Waals surface area contributed by atoms with Crippen LogP contribution in [0, 0.1) is 0 Å². The van der Waals surface area contributed by atoms with Crippen molar-refractivity contribution in [2.24, 2.45) is 0 Å². The third-order valence-electron chi connectivity index (χ3n) is 6.24. The monoisotopic (exact) mass is 385 g/mol. The number of hydrogen-bond acceptors (Lipinski definition) is 2. The van der Waals surface area contributed by atoms with Crippen LogP contribution in [-0.2, 0) is 4.65 Å². The highest BCUT2D eigenvalue weighted by Crippen LogP contribution is 2.47. The molecule has 5 rings (SSSR count). The van der Waals surface area contributed by atoms with Gasteiger partial charge in [-0.05, 0) is 57.4 Å². The Labute approximate surface area is 170 Å². The van der Waals surface area contributed by atoms with E-state index in [9.17, 15) is 0 Å². The van der Waals surface area contributed by atoms with Gasteiger partial charge in [-0.3, -0.25) is 0 Å². The van der Waals surface area contributed by atoms with Crippen molar-refractivity contribution in [2.45, 2.75) is 38.0 Å². The van der Waals surface area contributed by atoms with Crippen molar-refractivity contribution in [1.29, 1.82) is 0 Å². The molecule has 0 aliphatic carbocycles. The standard InChI is InChI=1S/C24H24BNOS/c1-23(2)24(3,4)28-25(27-23)17-14-15-22-20(16-17)19-12-8-9-13-21(19)26(22)18-10-6-5-7-11-18/h5-16H,1-4H3. The van der Waals surface area contributed by atoms with Gasteiger partial charge in [0.15, 0.2) is 0 Å². The van der Waals surface area contributed by atoms with Crippen LogP contribution >= 0.6 is 11.6 Å². The summed E-state index contributed by atoms with van der Waals surface area (Å²) in [5.41, 5.74) is 4.75. The molecule has 1 aromatic heterocycles. The Morgan fingerprint density at radius 1 is 0.786 bits per heavy atom. The SMILES string of the molecule is CC1(C)OB(c2ccc3c(c2)c2ccccc2n3-c2ccccc2)SC1(C)C. The zero-order valence-corrected chi connectivity index (χ0v) is 17.6. The zero-order valence-electron chi connectivity index (χ0n) is 16.8. The number of benzene rings is 3. The molecule has 3 aromatic carbocycles. The topological polar surface area (TPSA) is 14.2 Å². The highest BCUT2D eigenvalue weighted by atomic mass is 32.2. The van der Waals surface area contributed by atoms with Gasteiger partial charge in [0.05, 0.1) is 16.6 Å². The molecule has 4 aromatic rings. The van der Waals surface area contributed by atoms with E-state index in [0.717, 1.165) is 0 Å². The Morgan fingerprint density at radius 2 is 1.46 bits per heavy atom. The zero-order chi connectivity index (χ0) is 19.5. The molecule has 0 amide bonds. The molecule has 0 unspecified atom stereocenters. The summed E-state index contributed by atoms with van der Waals surface area (Å²) in [5.74, 6) is 0. The van der Waals surface area contributed by atoms with E-state index in [4.69, 9.17) is 4.65 Å².